The lowest BCUT2D eigenvalue weighted by Crippen LogP contribution is -1.90. The van der Waals surface area contributed by atoms with Crippen LogP contribution in [0.15, 0.2) is 30.5 Å². The van der Waals surface area contributed by atoms with E-state index in [-0.39, 0.29) is 0 Å². The number of halogens is 1. The summed E-state index contributed by atoms with van der Waals surface area (Å²) < 4.78 is 0. The molecular formula is C13H14ClN. The first-order valence-corrected chi connectivity index (χ1v) is 5.68. The Hall–Kier alpha value is -1.08. The average molecular weight is 220 g/mol. The standard InChI is InChI=1S/C13H14ClN/c1-9(2)12-6-11-5-10(7-14)3-4-13(11)15-8-12/h3-6,8-9H,7H2,1-2H3. The minimum atomic E-state index is 0.515. The third-order valence-corrected chi connectivity index (χ3v) is 2.90. The summed E-state index contributed by atoms with van der Waals surface area (Å²) in [4.78, 5) is 4.43. The molecule has 0 radical (unpaired) electrons. The Balaban J connectivity index is 2.57. The van der Waals surface area contributed by atoms with Gasteiger partial charge in [-0.25, -0.2) is 0 Å². The fourth-order valence-electron chi connectivity index (χ4n) is 1.60. The highest BCUT2D eigenvalue weighted by Crippen LogP contribution is 2.20. The largest absolute Gasteiger partial charge is 0.256 e. The molecule has 0 atom stereocenters. The van der Waals surface area contributed by atoms with E-state index in [9.17, 15) is 0 Å². The van der Waals surface area contributed by atoms with Gasteiger partial charge in [0.25, 0.3) is 0 Å². The van der Waals surface area contributed by atoms with E-state index < -0.39 is 0 Å². The van der Waals surface area contributed by atoms with Crippen LogP contribution in [0.5, 0.6) is 0 Å². The molecule has 1 nitrogen and oxygen atoms in total. The summed E-state index contributed by atoms with van der Waals surface area (Å²) in [6, 6.07) is 8.36. The number of hydrogen-bond acceptors (Lipinski definition) is 1. The van der Waals surface area contributed by atoms with Crippen molar-refractivity contribution in [1.29, 1.82) is 0 Å². The minimum Gasteiger partial charge on any atom is -0.256 e. The molecule has 78 valence electrons. The Labute approximate surface area is 95.1 Å². The van der Waals surface area contributed by atoms with Crippen LogP contribution in [0.1, 0.15) is 30.9 Å². The lowest BCUT2D eigenvalue weighted by atomic mass is 10.0. The second kappa shape index (κ2) is 4.19. The van der Waals surface area contributed by atoms with Crippen LogP contribution in [-0.2, 0) is 5.88 Å². The molecule has 15 heavy (non-hydrogen) atoms. The van der Waals surface area contributed by atoms with Crippen molar-refractivity contribution in [3.8, 4) is 0 Å². The summed E-state index contributed by atoms with van der Waals surface area (Å²) in [5.41, 5.74) is 3.45. The third kappa shape index (κ3) is 2.13. The molecule has 1 aromatic carbocycles. The lowest BCUT2D eigenvalue weighted by molar-refractivity contribution is 0.862. The van der Waals surface area contributed by atoms with Gasteiger partial charge in [-0.1, -0.05) is 19.9 Å². The second-order valence-corrected chi connectivity index (χ2v) is 4.35. The predicted octanol–water partition coefficient (Wildman–Crippen LogP) is 4.10. The molecule has 0 bridgehead atoms. The van der Waals surface area contributed by atoms with E-state index in [1.807, 2.05) is 18.3 Å². The zero-order chi connectivity index (χ0) is 10.8. The Morgan fingerprint density at radius 2 is 2.07 bits per heavy atom. The monoisotopic (exact) mass is 219 g/mol. The Bertz CT molecular complexity index is 477. The highest BCUT2D eigenvalue weighted by Gasteiger charge is 2.02. The second-order valence-electron chi connectivity index (χ2n) is 4.08. The number of hydrogen-bond donors (Lipinski definition) is 0. The molecule has 1 heterocycles. The number of alkyl halides is 1. The maximum Gasteiger partial charge on any atom is 0.0702 e. The van der Waals surface area contributed by atoms with Gasteiger partial charge in [-0.3, -0.25) is 4.98 Å². The molecule has 0 amide bonds. The lowest BCUT2D eigenvalue weighted by Gasteiger charge is -2.06. The van der Waals surface area contributed by atoms with Gasteiger partial charge in [-0.2, -0.15) is 0 Å². The average Bonchev–Trinajstić information content (AvgIpc) is 2.27. The van der Waals surface area contributed by atoms with Gasteiger partial charge >= 0.3 is 0 Å². The number of pyridine rings is 1. The molecule has 2 heteroatoms. The van der Waals surface area contributed by atoms with E-state index in [1.165, 1.54) is 10.9 Å². The van der Waals surface area contributed by atoms with Gasteiger partial charge in [0.2, 0.25) is 0 Å². The van der Waals surface area contributed by atoms with E-state index in [0.29, 0.717) is 11.8 Å². The summed E-state index contributed by atoms with van der Waals surface area (Å²) in [5.74, 6) is 1.07. The predicted molar refractivity (Wildman–Crippen MR) is 65.4 cm³/mol. The molecule has 0 fully saturated rings. The molecule has 0 saturated carbocycles. The van der Waals surface area contributed by atoms with Crippen molar-refractivity contribution in [2.45, 2.75) is 25.6 Å². The fraction of sp³-hybridized carbons (Fsp3) is 0.308. The van der Waals surface area contributed by atoms with Gasteiger partial charge in [-0.05, 0) is 35.2 Å². The summed E-state index contributed by atoms with van der Waals surface area (Å²) in [6.45, 7) is 4.35. The maximum atomic E-state index is 5.81. The zero-order valence-corrected chi connectivity index (χ0v) is 9.75. The van der Waals surface area contributed by atoms with Crippen molar-refractivity contribution in [2.75, 3.05) is 0 Å². The summed E-state index contributed by atoms with van der Waals surface area (Å²) in [5, 5.41) is 1.18. The van der Waals surface area contributed by atoms with Crippen molar-refractivity contribution < 1.29 is 0 Å². The number of benzene rings is 1. The van der Waals surface area contributed by atoms with Gasteiger partial charge in [0.1, 0.15) is 0 Å². The Morgan fingerprint density at radius 3 is 2.73 bits per heavy atom. The van der Waals surface area contributed by atoms with Gasteiger partial charge in [0.15, 0.2) is 0 Å². The Morgan fingerprint density at radius 1 is 1.27 bits per heavy atom. The first-order valence-electron chi connectivity index (χ1n) is 5.15. The summed E-state index contributed by atoms with van der Waals surface area (Å²) >= 11 is 5.81. The summed E-state index contributed by atoms with van der Waals surface area (Å²) in [7, 11) is 0. The van der Waals surface area contributed by atoms with Crippen molar-refractivity contribution in [3.63, 3.8) is 0 Å². The van der Waals surface area contributed by atoms with Crippen molar-refractivity contribution in [3.05, 3.63) is 41.6 Å². The molecule has 0 spiro atoms. The molecular weight excluding hydrogens is 206 g/mol. The third-order valence-electron chi connectivity index (χ3n) is 2.59. The van der Waals surface area contributed by atoms with E-state index >= 15 is 0 Å². The van der Waals surface area contributed by atoms with Gasteiger partial charge in [0, 0.05) is 17.5 Å². The molecule has 0 saturated heterocycles. The highest BCUT2D eigenvalue weighted by molar-refractivity contribution is 6.17. The molecule has 0 N–H and O–H groups in total. The molecule has 1 aromatic heterocycles. The Kier molecular flexibility index (Phi) is 2.92. The van der Waals surface area contributed by atoms with Crippen molar-refractivity contribution in [1.82, 2.24) is 4.98 Å². The van der Waals surface area contributed by atoms with Crippen molar-refractivity contribution in [2.24, 2.45) is 0 Å². The summed E-state index contributed by atoms with van der Waals surface area (Å²) in [6.07, 6.45) is 1.95. The maximum absolute atomic E-state index is 5.81. The normalized spacial score (nSPS) is 11.2. The molecule has 0 aliphatic carbocycles. The van der Waals surface area contributed by atoms with E-state index in [1.54, 1.807) is 0 Å². The first-order chi connectivity index (χ1) is 7.20. The number of nitrogens with zero attached hydrogens (tertiary/aromatic N) is 1. The van der Waals surface area contributed by atoms with Crippen LogP contribution < -0.4 is 0 Å². The van der Waals surface area contributed by atoms with E-state index in [0.717, 1.165) is 11.1 Å². The van der Waals surface area contributed by atoms with Crippen LogP contribution in [0.2, 0.25) is 0 Å². The van der Waals surface area contributed by atoms with E-state index in [2.05, 4.69) is 31.0 Å². The molecule has 0 aliphatic rings. The number of aromatic nitrogens is 1. The van der Waals surface area contributed by atoms with Crippen LogP contribution >= 0.6 is 11.6 Å². The fourth-order valence-corrected chi connectivity index (χ4v) is 1.76. The molecule has 0 aliphatic heterocycles. The van der Waals surface area contributed by atoms with Crippen molar-refractivity contribution >= 4 is 22.5 Å². The van der Waals surface area contributed by atoms with E-state index in [4.69, 9.17) is 11.6 Å². The zero-order valence-electron chi connectivity index (χ0n) is 9.00. The van der Waals surface area contributed by atoms with Crippen LogP contribution in [0.25, 0.3) is 10.9 Å². The molecule has 0 unspecified atom stereocenters. The molecule has 2 aromatic rings. The van der Waals surface area contributed by atoms with Crippen LogP contribution in [0.3, 0.4) is 0 Å². The topological polar surface area (TPSA) is 12.9 Å². The smallest absolute Gasteiger partial charge is 0.0702 e. The minimum absolute atomic E-state index is 0.515. The molecule has 2 rings (SSSR count). The van der Waals surface area contributed by atoms with Crippen LogP contribution in [0, 0.1) is 0 Å². The SMILES string of the molecule is CC(C)c1cnc2ccc(CCl)cc2c1. The van der Waals surface area contributed by atoms with Crippen LogP contribution in [0.4, 0.5) is 0 Å². The highest BCUT2D eigenvalue weighted by atomic mass is 35.5. The number of rotatable bonds is 2. The number of fused-ring (bicyclic) bond motifs is 1. The van der Waals surface area contributed by atoms with Gasteiger partial charge in [-0.15, -0.1) is 11.6 Å². The van der Waals surface area contributed by atoms with Gasteiger partial charge in [0.05, 0.1) is 5.52 Å². The first kappa shape index (κ1) is 10.4. The quantitative estimate of drug-likeness (QED) is 0.694. The van der Waals surface area contributed by atoms with Gasteiger partial charge < -0.3 is 0 Å². The van der Waals surface area contributed by atoms with Crippen LogP contribution in [-0.4, -0.2) is 4.98 Å².